The van der Waals surface area contributed by atoms with Gasteiger partial charge in [-0.25, -0.2) is 9.97 Å². The molecule has 0 unspecified atom stereocenters. The molecule has 0 saturated heterocycles. The molecule has 0 fully saturated rings. The monoisotopic (exact) mass is 629 g/mol. The third-order valence-corrected chi connectivity index (χ3v) is 11.2. The minimum atomic E-state index is -0.196. The number of fused-ring (bicyclic) bond motifs is 10. The van der Waals surface area contributed by atoms with Gasteiger partial charge in [0.05, 0.1) is 22.4 Å². The first kappa shape index (κ1) is 28.2. The highest BCUT2D eigenvalue weighted by Gasteiger charge is 2.39. The third kappa shape index (κ3) is 3.84. The van der Waals surface area contributed by atoms with Gasteiger partial charge in [-0.3, -0.25) is 4.57 Å². The summed E-state index contributed by atoms with van der Waals surface area (Å²) in [6.45, 7) is 9.38. The normalized spacial score (nSPS) is 14.9. The summed E-state index contributed by atoms with van der Waals surface area (Å²) in [7, 11) is 0. The van der Waals surface area contributed by atoms with Crippen LogP contribution in [0.5, 0.6) is 0 Å². The summed E-state index contributed by atoms with van der Waals surface area (Å²) < 4.78 is 2.33. The fourth-order valence-electron chi connectivity index (χ4n) is 8.82. The molecular weight excluding hydrogens is 595 g/mol. The molecule has 0 bridgehead atoms. The maximum absolute atomic E-state index is 5.47. The molecule has 0 amide bonds. The van der Waals surface area contributed by atoms with Crippen molar-refractivity contribution in [3.8, 4) is 50.7 Å². The lowest BCUT2D eigenvalue weighted by Crippen LogP contribution is -2.17. The highest BCUT2D eigenvalue weighted by Crippen LogP contribution is 2.53. The molecule has 8 aromatic rings. The molecule has 0 N–H and O–H groups in total. The van der Waals surface area contributed by atoms with Crippen LogP contribution in [0, 0.1) is 0 Å². The SMILES string of the molecule is CC1(C)c2ccccc2-c2ccc(-c3cc(-c4ccccc4)nc(-n4c5ccccc5c5ccc6c(c54)C(C)(C)c4ccccc4-6)n3)cc21. The Kier molecular flexibility index (Phi) is 5.69. The largest absolute Gasteiger partial charge is 0.278 e. The standard InChI is InChI=1S/C46H35N3/c1-45(2)36-19-11-8-16-30(36)32-23-22-29(26-38(32)45)40-27-39(28-14-6-5-7-15-28)47-44(48-40)49-41-21-13-10-18-33(41)35-25-24-34-31-17-9-12-20-37(31)46(3,4)42(34)43(35)49/h5-27H,1-4H3. The van der Waals surface area contributed by atoms with E-state index in [1.807, 2.05) is 0 Å². The van der Waals surface area contributed by atoms with E-state index < -0.39 is 0 Å². The summed E-state index contributed by atoms with van der Waals surface area (Å²) >= 11 is 0. The molecule has 2 aromatic heterocycles. The molecule has 2 heterocycles. The molecule has 0 saturated carbocycles. The first-order chi connectivity index (χ1) is 23.8. The van der Waals surface area contributed by atoms with Crippen molar-refractivity contribution in [1.82, 2.24) is 14.5 Å². The minimum absolute atomic E-state index is 0.103. The average Bonchev–Trinajstić information content (AvgIpc) is 3.69. The number of hydrogen-bond acceptors (Lipinski definition) is 2. The van der Waals surface area contributed by atoms with E-state index in [1.54, 1.807) is 0 Å². The van der Waals surface area contributed by atoms with Crippen molar-refractivity contribution >= 4 is 21.8 Å². The Labute approximate surface area is 286 Å². The highest BCUT2D eigenvalue weighted by molar-refractivity contribution is 6.13. The Morgan fingerprint density at radius 1 is 0.449 bits per heavy atom. The third-order valence-electron chi connectivity index (χ3n) is 11.2. The van der Waals surface area contributed by atoms with Gasteiger partial charge in [-0.15, -0.1) is 0 Å². The van der Waals surface area contributed by atoms with Crippen LogP contribution in [0.2, 0.25) is 0 Å². The number of nitrogens with zero attached hydrogens (tertiary/aromatic N) is 3. The van der Waals surface area contributed by atoms with Crippen LogP contribution in [0.15, 0.2) is 140 Å². The topological polar surface area (TPSA) is 30.7 Å². The van der Waals surface area contributed by atoms with Crippen LogP contribution < -0.4 is 0 Å². The first-order valence-corrected chi connectivity index (χ1v) is 17.2. The van der Waals surface area contributed by atoms with E-state index in [-0.39, 0.29) is 10.8 Å². The van der Waals surface area contributed by atoms with Crippen LogP contribution in [0.3, 0.4) is 0 Å². The van der Waals surface area contributed by atoms with Crippen molar-refractivity contribution in [2.45, 2.75) is 38.5 Å². The van der Waals surface area contributed by atoms with Gasteiger partial charge < -0.3 is 0 Å². The zero-order chi connectivity index (χ0) is 33.1. The zero-order valence-electron chi connectivity index (χ0n) is 28.1. The second-order valence-corrected chi connectivity index (χ2v) is 14.6. The molecule has 0 aliphatic heterocycles. The van der Waals surface area contributed by atoms with Crippen molar-refractivity contribution in [2.24, 2.45) is 0 Å². The van der Waals surface area contributed by atoms with Gasteiger partial charge in [0.1, 0.15) is 0 Å². The van der Waals surface area contributed by atoms with E-state index in [2.05, 4.69) is 172 Å². The minimum Gasteiger partial charge on any atom is -0.278 e. The molecule has 10 rings (SSSR count). The van der Waals surface area contributed by atoms with Crippen molar-refractivity contribution < 1.29 is 0 Å². The Hall–Kier alpha value is -5.80. The predicted molar refractivity (Wildman–Crippen MR) is 202 cm³/mol. The molecule has 234 valence electrons. The van der Waals surface area contributed by atoms with Crippen molar-refractivity contribution in [3.63, 3.8) is 0 Å². The fourth-order valence-corrected chi connectivity index (χ4v) is 8.82. The molecule has 0 radical (unpaired) electrons. The summed E-state index contributed by atoms with van der Waals surface area (Å²) in [5, 5.41) is 2.43. The summed E-state index contributed by atoms with van der Waals surface area (Å²) in [5.74, 6) is 0.686. The van der Waals surface area contributed by atoms with E-state index in [0.29, 0.717) is 5.95 Å². The average molecular weight is 630 g/mol. The van der Waals surface area contributed by atoms with Crippen molar-refractivity contribution in [1.29, 1.82) is 0 Å². The zero-order valence-corrected chi connectivity index (χ0v) is 28.1. The van der Waals surface area contributed by atoms with E-state index >= 15 is 0 Å². The van der Waals surface area contributed by atoms with Crippen molar-refractivity contribution in [2.75, 3.05) is 0 Å². The molecule has 6 aromatic carbocycles. The smallest absolute Gasteiger partial charge is 0.235 e. The molecular formula is C46H35N3. The Bertz CT molecular complexity index is 2660. The number of hydrogen-bond donors (Lipinski definition) is 0. The van der Waals surface area contributed by atoms with Crippen LogP contribution in [0.4, 0.5) is 0 Å². The van der Waals surface area contributed by atoms with Crippen LogP contribution in [-0.2, 0) is 10.8 Å². The quantitative estimate of drug-likeness (QED) is 0.195. The molecule has 0 atom stereocenters. The van der Waals surface area contributed by atoms with E-state index in [0.717, 1.165) is 28.0 Å². The molecule has 49 heavy (non-hydrogen) atoms. The maximum atomic E-state index is 5.47. The molecule has 3 nitrogen and oxygen atoms in total. The summed E-state index contributed by atoms with van der Waals surface area (Å²) in [4.78, 5) is 10.8. The Morgan fingerprint density at radius 2 is 1.04 bits per heavy atom. The van der Waals surface area contributed by atoms with E-state index in [1.165, 1.54) is 60.8 Å². The lowest BCUT2D eigenvalue weighted by molar-refractivity contribution is 0.660. The van der Waals surface area contributed by atoms with E-state index in [4.69, 9.17) is 9.97 Å². The molecule has 2 aliphatic rings. The van der Waals surface area contributed by atoms with Crippen LogP contribution in [0.1, 0.15) is 49.9 Å². The van der Waals surface area contributed by atoms with Crippen LogP contribution in [-0.4, -0.2) is 14.5 Å². The van der Waals surface area contributed by atoms with Gasteiger partial charge in [0.15, 0.2) is 0 Å². The van der Waals surface area contributed by atoms with Gasteiger partial charge in [-0.2, -0.15) is 0 Å². The van der Waals surface area contributed by atoms with Gasteiger partial charge >= 0.3 is 0 Å². The van der Waals surface area contributed by atoms with Crippen LogP contribution in [0.25, 0.3) is 72.5 Å². The van der Waals surface area contributed by atoms with Gasteiger partial charge in [0.25, 0.3) is 0 Å². The van der Waals surface area contributed by atoms with E-state index in [9.17, 15) is 0 Å². The lowest BCUT2D eigenvalue weighted by Gasteiger charge is -2.23. The molecule has 0 spiro atoms. The lowest BCUT2D eigenvalue weighted by atomic mass is 9.81. The van der Waals surface area contributed by atoms with Crippen LogP contribution >= 0.6 is 0 Å². The van der Waals surface area contributed by atoms with Crippen molar-refractivity contribution in [3.05, 3.63) is 162 Å². The molecule has 2 aliphatic carbocycles. The number of para-hydroxylation sites is 1. The van der Waals surface area contributed by atoms with Gasteiger partial charge in [0, 0.05) is 32.7 Å². The highest BCUT2D eigenvalue weighted by atomic mass is 15.2. The number of rotatable bonds is 3. The van der Waals surface area contributed by atoms with Gasteiger partial charge in [-0.1, -0.05) is 149 Å². The Morgan fingerprint density at radius 3 is 1.82 bits per heavy atom. The van der Waals surface area contributed by atoms with Gasteiger partial charge in [0.2, 0.25) is 5.95 Å². The second-order valence-electron chi connectivity index (χ2n) is 14.6. The molecule has 3 heteroatoms. The number of benzene rings is 6. The second kappa shape index (κ2) is 9.87. The summed E-state index contributed by atoms with van der Waals surface area (Å²) in [5.41, 5.74) is 16.6. The Balaban J connectivity index is 1.27. The summed E-state index contributed by atoms with van der Waals surface area (Å²) in [6, 6.07) is 50.5. The summed E-state index contributed by atoms with van der Waals surface area (Å²) in [6.07, 6.45) is 0. The fraction of sp³-hybridized carbons (Fsp3) is 0.130. The maximum Gasteiger partial charge on any atom is 0.235 e. The van der Waals surface area contributed by atoms with Gasteiger partial charge in [-0.05, 0) is 62.7 Å². The first-order valence-electron chi connectivity index (χ1n) is 17.2. The predicted octanol–water partition coefficient (Wildman–Crippen LogP) is 11.5. The number of aromatic nitrogens is 3.